The molecular formula is C15H15BrF2N2. The van der Waals surface area contributed by atoms with Crippen molar-refractivity contribution in [1.29, 1.82) is 0 Å². The van der Waals surface area contributed by atoms with Crippen molar-refractivity contribution in [1.82, 2.24) is 0 Å². The highest BCUT2D eigenvalue weighted by Crippen LogP contribution is 2.24. The summed E-state index contributed by atoms with van der Waals surface area (Å²) >= 11 is 3.13. The van der Waals surface area contributed by atoms with Crippen molar-refractivity contribution in [2.45, 2.75) is 13.0 Å². The Kier molecular flexibility index (Phi) is 4.73. The number of hydrogen-bond donors (Lipinski definition) is 2. The molecule has 0 aromatic heterocycles. The third-order valence-electron chi connectivity index (χ3n) is 3.09. The van der Waals surface area contributed by atoms with Crippen LogP contribution in [-0.4, -0.2) is 6.54 Å². The lowest BCUT2D eigenvalue weighted by Crippen LogP contribution is -2.20. The number of rotatable bonds is 4. The second-order valence-corrected chi connectivity index (χ2v) is 5.42. The van der Waals surface area contributed by atoms with Crippen LogP contribution in [0.3, 0.4) is 0 Å². The van der Waals surface area contributed by atoms with Gasteiger partial charge in [-0.3, -0.25) is 0 Å². The molecule has 0 spiro atoms. The summed E-state index contributed by atoms with van der Waals surface area (Å²) in [5.41, 5.74) is 7.81. The maximum absolute atomic E-state index is 13.6. The van der Waals surface area contributed by atoms with Crippen molar-refractivity contribution in [3.63, 3.8) is 0 Å². The van der Waals surface area contributed by atoms with Gasteiger partial charge in [0.15, 0.2) is 0 Å². The molecule has 0 aliphatic carbocycles. The summed E-state index contributed by atoms with van der Waals surface area (Å²) in [4.78, 5) is 0. The number of nitrogens with one attached hydrogen (secondary N) is 1. The van der Waals surface area contributed by atoms with Crippen molar-refractivity contribution in [2.75, 3.05) is 11.9 Å². The van der Waals surface area contributed by atoms with E-state index < -0.39 is 0 Å². The van der Waals surface area contributed by atoms with Crippen molar-refractivity contribution in [2.24, 2.45) is 5.73 Å². The van der Waals surface area contributed by atoms with Gasteiger partial charge < -0.3 is 11.1 Å². The monoisotopic (exact) mass is 340 g/mol. The molecule has 1 atom stereocenters. The van der Waals surface area contributed by atoms with E-state index in [1.165, 1.54) is 12.1 Å². The Balaban J connectivity index is 2.23. The molecule has 0 saturated heterocycles. The Hall–Kier alpha value is -1.46. The molecule has 0 radical (unpaired) electrons. The summed E-state index contributed by atoms with van der Waals surface area (Å²) in [7, 11) is 0. The highest BCUT2D eigenvalue weighted by atomic mass is 79.9. The predicted octanol–water partition coefficient (Wildman–Crippen LogP) is 4.15. The van der Waals surface area contributed by atoms with Crippen molar-refractivity contribution < 1.29 is 8.78 Å². The minimum atomic E-state index is -0.332. The lowest BCUT2D eigenvalue weighted by atomic mass is 10.0. The summed E-state index contributed by atoms with van der Waals surface area (Å²) in [6.45, 7) is 2.01. The van der Waals surface area contributed by atoms with E-state index in [4.69, 9.17) is 5.73 Å². The van der Waals surface area contributed by atoms with Crippen LogP contribution in [0.1, 0.15) is 17.2 Å². The number of aryl methyl sites for hydroxylation is 1. The average molecular weight is 341 g/mol. The molecular weight excluding hydrogens is 326 g/mol. The third kappa shape index (κ3) is 3.35. The van der Waals surface area contributed by atoms with Gasteiger partial charge in [-0.15, -0.1) is 0 Å². The van der Waals surface area contributed by atoms with Crippen LogP contribution in [0.5, 0.6) is 0 Å². The van der Waals surface area contributed by atoms with Crippen LogP contribution in [0.4, 0.5) is 14.5 Å². The van der Waals surface area contributed by atoms with E-state index in [-0.39, 0.29) is 17.7 Å². The largest absolute Gasteiger partial charge is 0.377 e. The number of hydrogen-bond acceptors (Lipinski definition) is 2. The zero-order chi connectivity index (χ0) is 14.7. The zero-order valence-corrected chi connectivity index (χ0v) is 12.5. The molecule has 0 bridgehead atoms. The van der Waals surface area contributed by atoms with Gasteiger partial charge in [-0.25, -0.2) is 8.78 Å². The van der Waals surface area contributed by atoms with Crippen LogP contribution in [0.25, 0.3) is 0 Å². The molecule has 0 aliphatic rings. The van der Waals surface area contributed by atoms with Crippen LogP contribution in [-0.2, 0) is 0 Å². The SMILES string of the molecule is Cc1ccc(C(CN)Nc2ccc(F)c(Br)c2)cc1F. The molecule has 2 aromatic rings. The number of benzene rings is 2. The molecule has 0 fully saturated rings. The third-order valence-corrected chi connectivity index (χ3v) is 3.70. The van der Waals surface area contributed by atoms with Gasteiger partial charge in [-0.05, 0) is 58.2 Å². The Bertz CT molecular complexity index is 617. The maximum atomic E-state index is 13.6. The van der Waals surface area contributed by atoms with E-state index in [2.05, 4.69) is 21.2 Å². The van der Waals surface area contributed by atoms with Gasteiger partial charge in [0.25, 0.3) is 0 Å². The lowest BCUT2D eigenvalue weighted by Gasteiger charge is -2.19. The first kappa shape index (κ1) is 14.9. The fourth-order valence-corrected chi connectivity index (χ4v) is 2.27. The van der Waals surface area contributed by atoms with Crippen LogP contribution >= 0.6 is 15.9 Å². The average Bonchev–Trinajstić information content (AvgIpc) is 2.43. The van der Waals surface area contributed by atoms with E-state index in [9.17, 15) is 8.78 Å². The number of anilines is 1. The Morgan fingerprint density at radius 1 is 1.15 bits per heavy atom. The minimum Gasteiger partial charge on any atom is -0.377 e. The van der Waals surface area contributed by atoms with E-state index in [1.807, 2.05) is 6.07 Å². The Labute approximate surface area is 125 Å². The van der Waals surface area contributed by atoms with Crippen LogP contribution in [0, 0.1) is 18.6 Å². The van der Waals surface area contributed by atoms with Crippen LogP contribution < -0.4 is 11.1 Å². The molecule has 0 amide bonds. The van der Waals surface area contributed by atoms with Gasteiger partial charge in [0.05, 0.1) is 10.5 Å². The maximum Gasteiger partial charge on any atom is 0.137 e. The van der Waals surface area contributed by atoms with Crippen molar-refractivity contribution in [3.8, 4) is 0 Å². The summed E-state index contributed by atoms with van der Waals surface area (Å²) < 4.78 is 27.2. The van der Waals surface area contributed by atoms with Gasteiger partial charge in [-0.2, -0.15) is 0 Å². The zero-order valence-electron chi connectivity index (χ0n) is 11.0. The summed E-state index contributed by atoms with van der Waals surface area (Å²) in [5, 5.41) is 3.17. The first-order valence-corrected chi connectivity index (χ1v) is 6.98. The number of halogens is 3. The normalized spacial score (nSPS) is 12.2. The Morgan fingerprint density at radius 3 is 2.50 bits per heavy atom. The molecule has 1 unspecified atom stereocenters. The molecule has 0 heterocycles. The van der Waals surface area contributed by atoms with Gasteiger partial charge in [0.1, 0.15) is 11.6 Å². The molecule has 2 rings (SSSR count). The second kappa shape index (κ2) is 6.33. The molecule has 2 aromatic carbocycles. The fraction of sp³-hybridized carbons (Fsp3) is 0.200. The van der Waals surface area contributed by atoms with Crippen molar-refractivity contribution in [3.05, 3.63) is 63.6 Å². The first-order valence-electron chi connectivity index (χ1n) is 6.19. The smallest absolute Gasteiger partial charge is 0.137 e. The molecule has 0 aliphatic heterocycles. The second-order valence-electron chi connectivity index (χ2n) is 4.57. The lowest BCUT2D eigenvalue weighted by molar-refractivity contribution is 0.613. The quantitative estimate of drug-likeness (QED) is 0.877. The fourth-order valence-electron chi connectivity index (χ4n) is 1.89. The Morgan fingerprint density at radius 2 is 1.90 bits per heavy atom. The summed E-state index contributed by atoms with van der Waals surface area (Å²) in [6.07, 6.45) is 0. The van der Waals surface area contributed by atoms with E-state index in [0.29, 0.717) is 16.6 Å². The highest BCUT2D eigenvalue weighted by molar-refractivity contribution is 9.10. The topological polar surface area (TPSA) is 38.0 Å². The molecule has 20 heavy (non-hydrogen) atoms. The van der Waals surface area contributed by atoms with Crippen molar-refractivity contribution >= 4 is 21.6 Å². The van der Waals surface area contributed by atoms with Gasteiger partial charge in [0, 0.05) is 12.2 Å². The molecule has 0 saturated carbocycles. The molecule has 106 valence electrons. The van der Waals surface area contributed by atoms with E-state index in [0.717, 1.165) is 11.3 Å². The standard InChI is InChI=1S/C15H15BrF2N2/c1-9-2-3-10(6-14(9)18)15(8-19)20-11-4-5-13(17)12(16)7-11/h2-7,15,20H,8,19H2,1H3. The minimum absolute atomic E-state index is 0.234. The predicted molar refractivity (Wildman–Crippen MR) is 80.7 cm³/mol. The van der Waals surface area contributed by atoms with E-state index in [1.54, 1.807) is 25.1 Å². The summed E-state index contributed by atoms with van der Waals surface area (Å²) in [6, 6.07) is 9.39. The molecule has 5 heteroatoms. The highest BCUT2D eigenvalue weighted by Gasteiger charge is 2.12. The molecule has 3 N–H and O–H groups in total. The van der Waals surface area contributed by atoms with Crippen LogP contribution in [0.15, 0.2) is 40.9 Å². The van der Waals surface area contributed by atoms with E-state index >= 15 is 0 Å². The van der Waals surface area contributed by atoms with Gasteiger partial charge >= 0.3 is 0 Å². The van der Waals surface area contributed by atoms with Crippen LogP contribution in [0.2, 0.25) is 0 Å². The first-order chi connectivity index (χ1) is 9.51. The number of nitrogens with two attached hydrogens (primary N) is 1. The summed E-state index contributed by atoms with van der Waals surface area (Å²) in [5.74, 6) is -0.593. The van der Waals surface area contributed by atoms with Gasteiger partial charge in [-0.1, -0.05) is 12.1 Å². The molecule has 2 nitrogen and oxygen atoms in total. The van der Waals surface area contributed by atoms with Gasteiger partial charge in [0.2, 0.25) is 0 Å².